The highest BCUT2D eigenvalue weighted by atomic mass is 19.1. The van der Waals surface area contributed by atoms with Crippen LogP contribution in [0, 0.1) is 12.7 Å². The van der Waals surface area contributed by atoms with Gasteiger partial charge in [-0.3, -0.25) is 4.79 Å². The fraction of sp³-hybridized carbons (Fsp3) is 0.261. The molecule has 4 nitrogen and oxygen atoms in total. The molecule has 2 aliphatic heterocycles. The van der Waals surface area contributed by atoms with Crippen molar-refractivity contribution in [1.29, 1.82) is 0 Å². The molecule has 0 unspecified atom stereocenters. The predicted octanol–water partition coefficient (Wildman–Crippen LogP) is 4.48. The maximum atomic E-state index is 13.5. The monoisotopic (exact) mass is 375 g/mol. The maximum Gasteiger partial charge on any atom is 0.253 e. The van der Waals surface area contributed by atoms with Crippen LogP contribution >= 0.6 is 0 Å². The lowest BCUT2D eigenvalue weighted by molar-refractivity contribution is 0.0676. The van der Waals surface area contributed by atoms with Gasteiger partial charge in [-0.2, -0.15) is 0 Å². The third-order valence-corrected chi connectivity index (χ3v) is 6.00. The van der Waals surface area contributed by atoms with Gasteiger partial charge in [0.1, 0.15) is 5.82 Å². The van der Waals surface area contributed by atoms with Gasteiger partial charge in [0, 0.05) is 30.5 Å². The Labute approximate surface area is 163 Å². The number of benzene rings is 2. The van der Waals surface area contributed by atoms with E-state index in [1.807, 2.05) is 4.90 Å². The number of aromatic nitrogens is 1. The van der Waals surface area contributed by atoms with E-state index in [4.69, 9.17) is 0 Å². The minimum atomic E-state index is -0.377. The van der Waals surface area contributed by atoms with Crippen LogP contribution in [0.3, 0.4) is 0 Å². The van der Waals surface area contributed by atoms with Crippen LogP contribution in [0.4, 0.5) is 10.1 Å². The molecule has 0 atom stereocenters. The van der Waals surface area contributed by atoms with Crippen LogP contribution in [0.2, 0.25) is 0 Å². The fourth-order valence-corrected chi connectivity index (χ4v) is 4.54. The zero-order valence-corrected chi connectivity index (χ0v) is 15.8. The molecule has 5 rings (SSSR count). The number of carbonyl (C=O) groups is 1. The van der Waals surface area contributed by atoms with Gasteiger partial charge in [0.25, 0.3) is 5.91 Å². The van der Waals surface area contributed by atoms with Crippen LogP contribution in [-0.2, 0) is 5.54 Å². The zero-order chi connectivity index (χ0) is 19.3. The number of likely N-dealkylation sites (tertiary alicyclic amines) is 1. The van der Waals surface area contributed by atoms with E-state index >= 15 is 0 Å². The van der Waals surface area contributed by atoms with Crippen molar-refractivity contribution >= 4 is 11.6 Å². The molecule has 0 radical (unpaired) electrons. The summed E-state index contributed by atoms with van der Waals surface area (Å²) in [7, 11) is 0. The molecule has 0 saturated carbocycles. The van der Waals surface area contributed by atoms with Crippen LogP contribution in [0.25, 0.3) is 5.69 Å². The van der Waals surface area contributed by atoms with E-state index in [0.29, 0.717) is 18.7 Å². The minimum Gasteiger partial charge on any atom is -0.372 e. The summed E-state index contributed by atoms with van der Waals surface area (Å²) in [6.07, 6.45) is 3.73. The third kappa shape index (κ3) is 2.61. The molecule has 1 spiro atoms. The van der Waals surface area contributed by atoms with Crippen LogP contribution in [0.5, 0.6) is 0 Å². The normalized spacial score (nSPS) is 17.0. The molecule has 0 bridgehead atoms. The SMILES string of the molecule is Cc1ccc2c(c1)NC1(CCN(C(=O)c3cccc(F)c3)CC1)c1cccn1-2. The van der Waals surface area contributed by atoms with Crippen molar-refractivity contribution < 1.29 is 9.18 Å². The number of carbonyl (C=O) groups excluding carboxylic acids is 1. The zero-order valence-electron chi connectivity index (χ0n) is 15.8. The molecule has 3 aromatic rings. The van der Waals surface area contributed by atoms with Crippen molar-refractivity contribution in [2.24, 2.45) is 0 Å². The van der Waals surface area contributed by atoms with E-state index in [0.717, 1.165) is 24.2 Å². The lowest BCUT2D eigenvalue weighted by Gasteiger charge is -2.46. The van der Waals surface area contributed by atoms with Gasteiger partial charge < -0.3 is 14.8 Å². The average molecular weight is 375 g/mol. The van der Waals surface area contributed by atoms with Gasteiger partial charge in [0.15, 0.2) is 0 Å². The van der Waals surface area contributed by atoms with E-state index in [1.54, 1.807) is 12.1 Å². The Balaban J connectivity index is 1.42. The number of piperidine rings is 1. The van der Waals surface area contributed by atoms with Gasteiger partial charge in [-0.15, -0.1) is 0 Å². The molecule has 1 N–H and O–H groups in total. The summed E-state index contributed by atoms with van der Waals surface area (Å²) in [5.74, 6) is -0.477. The number of aryl methyl sites for hydroxylation is 1. The van der Waals surface area contributed by atoms with Gasteiger partial charge in [-0.25, -0.2) is 4.39 Å². The summed E-state index contributed by atoms with van der Waals surface area (Å²) in [6.45, 7) is 3.36. The molecule has 3 heterocycles. The molecular weight excluding hydrogens is 353 g/mol. The first kappa shape index (κ1) is 17.0. The summed E-state index contributed by atoms with van der Waals surface area (Å²) in [4.78, 5) is 14.6. The van der Waals surface area contributed by atoms with Crippen LogP contribution < -0.4 is 5.32 Å². The van der Waals surface area contributed by atoms with E-state index in [-0.39, 0.29) is 17.3 Å². The van der Waals surface area contributed by atoms with E-state index in [2.05, 4.69) is 53.3 Å². The molecule has 2 aliphatic rings. The molecule has 2 aromatic carbocycles. The Hall–Kier alpha value is -3.08. The van der Waals surface area contributed by atoms with Crippen molar-refractivity contribution in [2.45, 2.75) is 25.3 Å². The Morgan fingerprint density at radius 3 is 2.68 bits per heavy atom. The number of nitrogens with zero attached hydrogens (tertiary/aromatic N) is 2. The number of hydrogen-bond acceptors (Lipinski definition) is 2. The molecule has 1 saturated heterocycles. The Kier molecular flexibility index (Phi) is 3.79. The lowest BCUT2D eigenvalue weighted by atomic mass is 9.82. The smallest absolute Gasteiger partial charge is 0.253 e. The summed E-state index contributed by atoms with van der Waals surface area (Å²) in [6, 6.07) is 16.7. The maximum absolute atomic E-state index is 13.5. The number of amides is 1. The summed E-state index contributed by atoms with van der Waals surface area (Å²) in [5, 5.41) is 3.79. The molecule has 0 aliphatic carbocycles. The van der Waals surface area contributed by atoms with Crippen molar-refractivity contribution in [2.75, 3.05) is 18.4 Å². The van der Waals surface area contributed by atoms with E-state index < -0.39 is 0 Å². The van der Waals surface area contributed by atoms with E-state index in [1.165, 1.54) is 23.4 Å². The van der Waals surface area contributed by atoms with Crippen LogP contribution in [0.15, 0.2) is 60.8 Å². The Bertz CT molecular complexity index is 1060. The summed E-state index contributed by atoms with van der Waals surface area (Å²) < 4.78 is 15.8. The quantitative estimate of drug-likeness (QED) is 0.681. The Morgan fingerprint density at radius 1 is 1.07 bits per heavy atom. The molecule has 1 amide bonds. The molecule has 1 aromatic heterocycles. The molecule has 142 valence electrons. The first-order chi connectivity index (χ1) is 13.6. The van der Waals surface area contributed by atoms with Gasteiger partial charge in [-0.05, 0) is 67.8 Å². The molecular formula is C23H22FN3O. The van der Waals surface area contributed by atoms with Crippen molar-refractivity contribution in [3.8, 4) is 5.69 Å². The van der Waals surface area contributed by atoms with Gasteiger partial charge in [-0.1, -0.05) is 12.1 Å². The average Bonchev–Trinajstić information content (AvgIpc) is 3.19. The molecule has 5 heteroatoms. The van der Waals surface area contributed by atoms with Crippen molar-refractivity contribution in [3.05, 3.63) is 83.4 Å². The third-order valence-electron chi connectivity index (χ3n) is 6.00. The van der Waals surface area contributed by atoms with Crippen LogP contribution in [-0.4, -0.2) is 28.5 Å². The standard InChI is InChI=1S/C23H22FN3O/c1-16-7-8-20-19(14-16)25-23(21-6-3-11-27(20)21)9-12-26(13-10-23)22(28)17-4-2-5-18(24)15-17/h2-8,11,14-15,25H,9-10,12-13H2,1H3. The number of anilines is 1. The topological polar surface area (TPSA) is 37.3 Å². The van der Waals surface area contributed by atoms with E-state index in [9.17, 15) is 9.18 Å². The fourth-order valence-electron chi connectivity index (χ4n) is 4.54. The van der Waals surface area contributed by atoms with Gasteiger partial charge >= 0.3 is 0 Å². The lowest BCUT2D eigenvalue weighted by Crippen LogP contribution is -2.51. The predicted molar refractivity (Wildman–Crippen MR) is 107 cm³/mol. The first-order valence-electron chi connectivity index (χ1n) is 9.68. The largest absolute Gasteiger partial charge is 0.372 e. The molecule has 1 fully saturated rings. The first-order valence-corrected chi connectivity index (χ1v) is 9.68. The van der Waals surface area contributed by atoms with Gasteiger partial charge in [0.2, 0.25) is 0 Å². The summed E-state index contributed by atoms with van der Waals surface area (Å²) in [5.41, 5.74) is 4.97. The van der Waals surface area contributed by atoms with Crippen molar-refractivity contribution in [3.63, 3.8) is 0 Å². The number of rotatable bonds is 1. The number of halogens is 1. The highest BCUT2D eigenvalue weighted by molar-refractivity contribution is 5.94. The van der Waals surface area contributed by atoms with Gasteiger partial charge in [0.05, 0.1) is 16.9 Å². The summed E-state index contributed by atoms with van der Waals surface area (Å²) >= 11 is 0. The second kappa shape index (κ2) is 6.23. The number of nitrogens with one attached hydrogen (secondary N) is 1. The number of hydrogen-bond donors (Lipinski definition) is 1. The highest BCUT2D eigenvalue weighted by Gasteiger charge is 2.42. The second-order valence-electron chi connectivity index (χ2n) is 7.79. The second-order valence-corrected chi connectivity index (χ2v) is 7.79. The van der Waals surface area contributed by atoms with Crippen molar-refractivity contribution in [1.82, 2.24) is 9.47 Å². The van der Waals surface area contributed by atoms with Crippen LogP contribution in [0.1, 0.15) is 34.5 Å². The highest BCUT2D eigenvalue weighted by Crippen LogP contribution is 2.43. The Morgan fingerprint density at radius 2 is 1.89 bits per heavy atom. The number of fused-ring (bicyclic) bond motifs is 4. The molecule has 28 heavy (non-hydrogen) atoms. The minimum absolute atomic E-state index is 0.100.